The highest BCUT2D eigenvalue weighted by molar-refractivity contribution is 6.03. The number of halogens is 3. The molecule has 4 rings (SSSR count). The van der Waals surface area contributed by atoms with E-state index < -0.39 is 23.5 Å². The molecular weight excluding hydrogens is 389 g/mol. The number of nitrogens with zero attached hydrogens (tertiary/aromatic N) is 5. The van der Waals surface area contributed by atoms with Crippen molar-refractivity contribution in [2.45, 2.75) is 25.1 Å². The normalized spacial score (nSPS) is 17.4. The number of aryl methyl sites for hydroxylation is 1. The number of amides is 1. The second-order valence-corrected chi connectivity index (χ2v) is 6.84. The third-order valence-electron chi connectivity index (χ3n) is 4.59. The maximum absolute atomic E-state index is 13.1. The monoisotopic (exact) mass is 408 g/mol. The minimum absolute atomic E-state index is 0.0161. The molecule has 1 aliphatic heterocycles. The summed E-state index contributed by atoms with van der Waals surface area (Å²) in [6.45, 7) is 1.78. The molecule has 0 aromatic carbocycles. The van der Waals surface area contributed by atoms with Gasteiger partial charge in [0.15, 0.2) is 17.0 Å². The molecule has 0 unspecified atom stereocenters. The summed E-state index contributed by atoms with van der Waals surface area (Å²) in [5, 5.41) is 16.6. The van der Waals surface area contributed by atoms with Gasteiger partial charge in [-0.25, -0.2) is 9.50 Å². The highest BCUT2D eigenvalue weighted by Crippen LogP contribution is 2.33. The van der Waals surface area contributed by atoms with Crippen LogP contribution in [0, 0.1) is 0 Å². The molecule has 3 aromatic rings. The van der Waals surface area contributed by atoms with E-state index in [0.717, 1.165) is 36.8 Å². The number of aromatic nitrogens is 5. The van der Waals surface area contributed by atoms with Crippen LogP contribution < -0.4 is 16.0 Å². The molecule has 1 amide bonds. The van der Waals surface area contributed by atoms with Gasteiger partial charge in [-0.3, -0.25) is 9.48 Å². The van der Waals surface area contributed by atoms with Gasteiger partial charge in [0, 0.05) is 25.8 Å². The lowest BCUT2D eigenvalue weighted by molar-refractivity contribution is -0.140. The van der Waals surface area contributed by atoms with Crippen LogP contribution in [0.25, 0.3) is 5.65 Å². The van der Waals surface area contributed by atoms with Crippen molar-refractivity contribution in [2.75, 3.05) is 23.7 Å². The Labute approximate surface area is 163 Å². The zero-order valence-electron chi connectivity index (χ0n) is 15.5. The Morgan fingerprint density at radius 1 is 1.31 bits per heavy atom. The van der Waals surface area contributed by atoms with Crippen LogP contribution in [0.3, 0.4) is 0 Å². The molecule has 0 spiro atoms. The maximum atomic E-state index is 13.1. The molecule has 12 heteroatoms. The van der Waals surface area contributed by atoms with E-state index in [4.69, 9.17) is 0 Å². The van der Waals surface area contributed by atoms with Gasteiger partial charge in [-0.05, 0) is 31.5 Å². The van der Waals surface area contributed by atoms with Crippen LogP contribution in [0.4, 0.5) is 24.7 Å². The van der Waals surface area contributed by atoms with Crippen molar-refractivity contribution in [3.8, 4) is 0 Å². The fourth-order valence-corrected chi connectivity index (χ4v) is 3.26. The lowest BCUT2D eigenvalue weighted by Crippen LogP contribution is -2.38. The zero-order valence-corrected chi connectivity index (χ0v) is 15.5. The fourth-order valence-electron chi connectivity index (χ4n) is 3.26. The first kappa shape index (κ1) is 19.2. The largest absolute Gasteiger partial charge is 0.437 e. The van der Waals surface area contributed by atoms with Crippen molar-refractivity contribution in [1.82, 2.24) is 29.7 Å². The van der Waals surface area contributed by atoms with Crippen LogP contribution in [0.1, 0.15) is 29.0 Å². The molecule has 1 saturated heterocycles. The molecule has 3 aromatic heterocycles. The number of rotatable bonds is 4. The van der Waals surface area contributed by atoms with Crippen molar-refractivity contribution in [2.24, 2.45) is 7.05 Å². The van der Waals surface area contributed by atoms with Crippen LogP contribution in [0.2, 0.25) is 0 Å². The molecule has 0 saturated carbocycles. The molecule has 154 valence electrons. The van der Waals surface area contributed by atoms with Gasteiger partial charge in [-0.2, -0.15) is 18.3 Å². The smallest absolute Gasteiger partial charge is 0.365 e. The summed E-state index contributed by atoms with van der Waals surface area (Å²) in [6, 6.07) is 3.65. The van der Waals surface area contributed by atoms with Crippen molar-refractivity contribution in [3.05, 3.63) is 35.9 Å². The van der Waals surface area contributed by atoms with Gasteiger partial charge in [0.2, 0.25) is 0 Å². The molecule has 29 heavy (non-hydrogen) atoms. The molecule has 1 fully saturated rings. The second-order valence-electron chi connectivity index (χ2n) is 6.84. The van der Waals surface area contributed by atoms with Gasteiger partial charge in [0.05, 0.1) is 11.9 Å². The number of hydrogen-bond acceptors (Lipinski definition) is 6. The van der Waals surface area contributed by atoms with Gasteiger partial charge in [0.1, 0.15) is 5.82 Å². The molecule has 3 N–H and O–H groups in total. The Bertz CT molecular complexity index is 1040. The number of piperidine rings is 1. The standard InChI is InChI=1S/C17H19F3N8O/c1-27-9-11(15(26-27)17(18,19)20)24-16(29)12-8-22-14-5-4-13(25-28(12)14)23-10-3-2-6-21-7-10/h4-5,8-10,21H,2-3,6-7H2,1H3,(H,23,25)(H,24,29)/t10-/m1/s1. The van der Waals surface area contributed by atoms with E-state index in [-0.39, 0.29) is 11.7 Å². The first-order valence-electron chi connectivity index (χ1n) is 9.05. The highest BCUT2D eigenvalue weighted by atomic mass is 19.4. The van der Waals surface area contributed by atoms with Crippen LogP contribution in [0.5, 0.6) is 0 Å². The number of nitrogens with one attached hydrogen (secondary N) is 3. The average molecular weight is 408 g/mol. The van der Waals surface area contributed by atoms with Crippen LogP contribution >= 0.6 is 0 Å². The Kier molecular flexibility index (Phi) is 4.86. The molecule has 4 heterocycles. The minimum atomic E-state index is -4.69. The predicted octanol–water partition coefficient (Wildman–Crippen LogP) is 1.90. The first-order chi connectivity index (χ1) is 13.8. The van der Waals surface area contributed by atoms with E-state index in [1.165, 1.54) is 17.8 Å². The summed E-state index contributed by atoms with van der Waals surface area (Å²) in [5.74, 6) is -0.212. The second kappa shape index (κ2) is 7.35. The quantitative estimate of drug-likeness (QED) is 0.610. The van der Waals surface area contributed by atoms with Crippen LogP contribution in [-0.4, -0.2) is 49.4 Å². The predicted molar refractivity (Wildman–Crippen MR) is 98.7 cm³/mol. The summed E-state index contributed by atoms with van der Waals surface area (Å²) in [5.41, 5.74) is -1.17. The molecule has 0 bridgehead atoms. The Balaban J connectivity index is 1.59. The zero-order chi connectivity index (χ0) is 20.6. The SMILES string of the molecule is Cn1cc(NC(=O)c2cnc3ccc(N[C@@H]4CCCNC4)nn23)c(C(F)(F)F)n1. The Morgan fingerprint density at radius 2 is 2.14 bits per heavy atom. The molecule has 1 aliphatic rings. The maximum Gasteiger partial charge on any atom is 0.437 e. The first-order valence-corrected chi connectivity index (χ1v) is 9.05. The molecule has 0 radical (unpaired) electrons. The summed E-state index contributed by atoms with van der Waals surface area (Å²) in [6.07, 6.45) is -0.281. The minimum Gasteiger partial charge on any atom is -0.365 e. The van der Waals surface area contributed by atoms with Crippen molar-refractivity contribution < 1.29 is 18.0 Å². The van der Waals surface area contributed by atoms with E-state index >= 15 is 0 Å². The number of anilines is 2. The lowest BCUT2D eigenvalue weighted by atomic mass is 10.1. The van der Waals surface area contributed by atoms with Crippen LogP contribution in [0.15, 0.2) is 24.5 Å². The average Bonchev–Trinajstić information content (AvgIpc) is 3.25. The lowest BCUT2D eigenvalue weighted by Gasteiger charge is -2.24. The molecular formula is C17H19F3N8O. The van der Waals surface area contributed by atoms with E-state index in [9.17, 15) is 18.0 Å². The van der Waals surface area contributed by atoms with Crippen molar-refractivity contribution in [1.29, 1.82) is 0 Å². The number of carbonyl (C=O) groups is 1. The summed E-state index contributed by atoms with van der Waals surface area (Å²) in [4.78, 5) is 16.7. The third-order valence-corrected chi connectivity index (χ3v) is 4.59. The van der Waals surface area contributed by atoms with Crippen molar-refractivity contribution in [3.63, 3.8) is 0 Å². The Morgan fingerprint density at radius 3 is 2.86 bits per heavy atom. The number of imidazole rings is 1. The summed E-state index contributed by atoms with van der Waals surface area (Å²) in [7, 11) is 1.35. The number of alkyl halides is 3. The topological polar surface area (TPSA) is 101 Å². The number of hydrogen-bond donors (Lipinski definition) is 3. The Hall–Kier alpha value is -3.15. The third kappa shape index (κ3) is 4.01. The van der Waals surface area contributed by atoms with Gasteiger partial charge in [0.25, 0.3) is 5.91 Å². The van der Waals surface area contributed by atoms with Gasteiger partial charge in [-0.1, -0.05) is 0 Å². The highest BCUT2D eigenvalue weighted by Gasteiger charge is 2.37. The summed E-state index contributed by atoms with van der Waals surface area (Å²) < 4.78 is 41.6. The van der Waals surface area contributed by atoms with Gasteiger partial charge in [-0.15, -0.1) is 5.10 Å². The van der Waals surface area contributed by atoms with E-state index in [0.29, 0.717) is 11.5 Å². The van der Waals surface area contributed by atoms with Gasteiger partial charge >= 0.3 is 6.18 Å². The molecule has 0 aliphatic carbocycles. The van der Waals surface area contributed by atoms with Crippen molar-refractivity contribution >= 4 is 23.1 Å². The summed E-state index contributed by atoms with van der Waals surface area (Å²) >= 11 is 0. The van der Waals surface area contributed by atoms with E-state index in [1.807, 2.05) is 0 Å². The molecule has 1 atom stereocenters. The fraction of sp³-hybridized carbons (Fsp3) is 0.412. The van der Waals surface area contributed by atoms with Gasteiger partial charge < -0.3 is 16.0 Å². The van der Waals surface area contributed by atoms with E-state index in [1.54, 1.807) is 12.1 Å². The van der Waals surface area contributed by atoms with Crippen LogP contribution in [-0.2, 0) is 13.2 Å². The van der Waals surface area contributed by atoms with E-state index in [2.05, 4.69) is 31.1 Å². The number of fused-ring (bicyclic) bond motifs is 1. The number of carbonyl (C=O) groups excluding carboxylic acids is 1. The molecule has 9 nitrogen and oxygen atoms in total.